The van der Waals surface area contributed by atoms with Crippen LogP contribution in [0.2, 0.25) is 0 Å². The first-order valence-corrected chi connectivity index (χ1v) is 15.2. The second kappa shape index (κ2) is 13.7. The number of hydrogen-bond acceptors (Lipinski definition) is 10. The lowest BCUT2D eigenvalue weighted by atomic mass is 10.0. The summed E-state index contributed by atoms with van der Waals surface area (Å²) in [5.74, 6) is -2.87. The van der Waals surface area contributed by atoms with Crippen LogP contribution in [-0.2, 0) is 20.8 Å². The summed E-state index contributed by atoms with van der Waals surface area (Å²) in [6, 6.07) is 7.37. The zero-order chi connectivity index (χ0) is 32.1. The molecular weight excluding hydrogens is 604 g/mol. The van der Waals surface area contributed by atoms with Crippen molar-refractivity contribution >= 4 is 46.9 Å². The smallest absolute Gasteiger partial charge is 0.325 e. The zero-order valence-electron chi connectivity index (χ0n) is 24.6. The standard InChI is InChI=1S/C29H32N8O7S/c1-16(2)24-28-34-20(15-45-28)26(42)32-18(10-17-6-4-3-5-7-17)27-33-19(14-44-27)25(41)30-8-9-36(12-21(38)35-24)23(40)13-37-22(39)11-31-29(37)43/h3-7,14-16,18,24H,8-13H2,1-2H3,(H,30,41)(H,31,43)(H,32,42)(H,35,38)/t18-,24-/m0/s1. The third-order valence-corrected chi connectivity index (χ3v) is 8.16. The molecule has 1 aromatic carbocycles. The largest absolute Gasteiger partial charge is 0.446 e. The van der Waals surface area contributed by atoms with Crippen LogP contribution in [0.4, 0.5) is 4.79 Å². The van der Waals surface area contributed by atoms with E-state index in [1.807, 2.05) is 44.2 Å². The predicted molar refractivity (Wildman–Crippen MR) is 159 cm³/mol. The molecule has 0 radical (unpaired) electrons. The number of imide groups is 1. The van der Waals surface area contributed by atoms with Crippen molar-refractivity contribution in [3.8, 4) is 0 Å². The summed E-state index contributed by atoms with van der Waals surface area (Å²) in [6.07, 6.45) is 1.50. The van der Waals surface area contributed by atoms with Crippen molar-refractivity contribution in [3.63, 3.8) is 0 Å². The van der Waals surface area contributed by atoms with Crippen LogP contribution >= 0.6 is 11.3 Å². The molecule has 4 heterocycles. The van der Waals surface area contributed by atoms with E-state index in [2.05, 4.69) is 31.2 Å². The second-order valence-corrected chi connectivity index (χ2v) is 11.7. The molecule has 1 saturated heterocycles. The second-order valence-electron chi connectivity index (χ2n) is 10.9. The average molecular weight is 637 g/mol. The summed E-state index contributed by atoms with van der Waals surface area (Å²) in [6.45, 7) is 2.36. The van der Waals surface area contributed by atoms with E-state index in [0.717, 1.165) is 15.4 Å². The van der Waals surface area contributed by atoms with Gasteiger partial charge in [-0.1, -0.05) is 44.2 Å². The van der Waals surface area contributed by atoms with E-state index in [9.17, 15) is 28.8 Å². The van der Waals surface area contributed by atoms with Crippen LogP contribution in [0, 0.1) is 5.92 Å². The third kappa shape index (κ3) is 7.52. The van der Waals surface area contributed by atoms with Crippen molar-refractivity contribution in [2.45, 2.75) is 32.4 Å². The minimum absolute atomic E-state index is 0.0518. The monoisotopic (exact) mass is 636 g/mol. The first kappa shape index (κ1) is 31.3. The Labute approximate surface area is 261 Å². The topological polar surface area (TPSA) is 196 Å². The Balaban J connectivity index is 1.43. The van der Waals surface area contributed by atoms with Crippen molar-refractivity contribution in [1.82, 2.24) is 41.0 Å². The van der Waals surface area contributed by atoms with Crippen molar-refractivity contribution < 1.29 is 33.2 Å². The average Bonchev–Trinajstić information content (AvgIpc) is 3.77. The number of hydrogen-bond donors (Lipinski definition) is 4. The van der Waals surface area contributed by atoms with E-state index < -0.39 is 60.7 Å². The van der Waals surface area contributed by atoms with Gasteiger partial charge in [-0.25, -0.2) is 14.8 Å². The molecule has 16 heteroatoms. The van der Waals surface area contributed by atoms with Gasteiger partial charge in [-0.05, 0) is 11.5 Å². The molecule has 0 spiro atoms. The van der Waals surface area contributed by atoms with Gasteiger partial charge in [0.05, 0.1) is 19.1 Å². The van der Waals surface area contributed by atoms with E-state index >= 15 is 0 Å². The number of urea groups is 1. The number of amides is 7. The maximum absolute atomic E-state index is 13.4. The first-order chi connectivity index (χ1) is 21.6. The van der Waals surface area contributed by atoms with Gasteiger partial charge in [-0.15, -0.1) is 11.3 Å². The maximum atomic E-state index is 13.4. The van der Waals surface area contributed by atoms with Crippen molar-refractivity contribution in [2.75, 3.05) is 32.7 Å². The first-order valence-electron chi connectivity index (χ1n) is 14.3. The van der Waals surface area contributed by atoms with Gasteiger partial charge in [0.2, 0.25) is 17.7 Å². The van der Waals surface area contributed by atoms with E-state index in [1.54, 1.807) is 5.38 Å². The molecule has 0 unspecified atom stereocenters. The molecule has 236 valence electrons. The summed E-state index contributed by atoms with van der Waals surface area (Å²) in [5, 5.41) is 12.9. The maximum Gasteiger partial charge on any atom is 0.325 e. The highest BCUT2D eigenvalue weighted by molar-refractivity contribution is 7.09. The quantitative estimate of drug-likeness (QED) is 0.293. The van der Waals surface area contributed by atoms with Gasteiger partial charge in [0.15, 0.2) is 5.69 Å². The van der Waals surface area contributed by atoms with Crippen LogP contribution in [0.5, 0.6) is 0 Å². The molecule has 2 atom stereocenters. The fourth-order valence-corrected chi connectivity index (χ4v) is 5.83. The summed E-state index contributed by atoms with van der Waals surface area (Å²) >= 11 is 1.21. The lowest BCUT2D eigenvalue weighted by Gasteiger charge is -2.26. The van der Waals surface area contributed by atoms with Crippen LogP contribution in [-0.4, -0.2) is 88.1 Å². The number of rotatable bonds is 5. The van der Waals surface area contributed by atoms with E-state index in [-0.39, 0.29) is 42.8 Å². The normalized spacial score (nSPS) is 19.8. The number of nitrogens with zero attached hydrogens (tertiary/aromatic N) is 4. The minimum Gasteiger partial charge on any atom is -0.446 e. The number of oxazole rings is 1. The van der Waals surface area contributed by atoms with E-state index in [4.69, 9.17) is 4.42 Å². The van der Waals surface area contributed by atoms with Gasteiger partial charge in [-0.3, -0.25) is 28.9 Å². The van der Waals surface area contributed by atoms with Crippen molar-refractivity contribution in [2.24, 2.45) is 5.92 Å². The molecule has 15 nitrogen and oxygen atoms in total. The van der Waals surface area contributed by atoms with Crippen LogP contribution in [0.15, 0.2) is 46.4 Å². The van der Waals surface area contributed by atoms with E-state index in [0.29, 0.717) is 11.4 Å². The van der Waals surface area contributed by atoms with E-state index in [1.165, 1.54) is 17.6 Å². The van der Waals surface area contributed by atoms with Gasteiger partial charge in [-0.2, -0.15) is 0 Å². The number of nitrogens with one attached hydrogen (secondary N) is 4. The Hall–Kier alpha value is -5.12. The number of thiazole rings is 1. The van der Waals surface area contributed by atoms with Crippen molar-refractivity contribution in [3.05, 3.63) is 69.8 Å². The number of carbonyl (C=O) groups is 6. The number of benzene rings is 1. The minimum atomic E-state index is -0.732. The SMILES string of the molecule is CC(C)[C@@H]1NC(=O)CN(C(=O)CN2C(=O)CNC2=O)CCNC(=O)c2coc(n2)[C@H](Cc2ccccc2)NC(=O)c2csc1n2. The lowest BCUT2D eigenvalue weighted by molar-refractivity contribution is -0.139. The van der Waals surface area contributed by atoms with Crippen LogP contribution in [0.25, 0.3) is 0 Å². The number of fused-ring (bicyclic) bond motifs is 4. The zero-order valence-corrected chi connectivity index (χ0v) is 25.4. The van der Waals surface area contributed by atoms with Crippen LogP contribution in [0.3, 0.4) is 0 Å². The lowest BCUT2D eigenvalue weighted by Crippen LogP contribution is -2.49. The summed E-state index contributed by atoms with van der Waals surface area (Å²) < 4.78 is 5.64. The molecule has 2 aliphatic heterocycles. The fraction of sp³-hybridized carbons (Fsp3) is 0.379. The Kier molecular flexibility index (Phi) is 9.51. The van der Waals surface area contributed by atoms with Gasteiger partial charge >= 0.3 is 6.03 Å². The Morgan fingerprint density at radius 3 is 2.51 bits per heavy atom. The molecule has 0 aliphatic carbocycles. The molecule has 1 fully saturated rings. The summed E-state index contributed by atoms with van der Waals surface area (Å²) in [7, 11) is 0. The summed E-state index contributed by atoms with van der Waals surface area (Å²) in [4.78, 5) is 87.6. The molecule has 2 aromatic heterocycles. The van der Waals surface area contributed by atoms with Crippen LogP contribution < -0.4 is 21.3 Å². The Morgan fingerprint density at radius 1 is 1.02 bits per heavy atom. The molecule has 2 aliphatic rings. The predicted octanol–water partition coefficient (Wildman–Crippen LogP) is 0.782. The highest BCUT2D eigenvalue weighted by Crippen LogP contribution is 2.26. The molecule has 5 rings (SSSR count). The molecule has 45 heavy (non-hydrogen) atoms. The van der Waals surface area contributed by atoms with Gasteiger partial charge < -0.3 is 30.6 Å². The Morgan fingerprint density at radius 2 is 1.80 bits per heavy atom. The fourth-order valence-electron chi connectivity index (χ4n) is 4.81. The summed E-state index contributed by atoms with van der Waals surface area (Å²) in [5.41, 5.74) is 0.974. The molecule has 4 N–H and O–H groups in total. The highest BCUT2D eigenvalue weighted by atomic mass is 32.1. The molecule has 0 saturated carbocycles. The van der Waals surface area contributed by atoms with Gasteiger partial charge in [0, 0.05) is 24.9 Å². The third-order valence-electron chi connectivity index (χ3n) is 7.23. The molecule has 4 bridgehead atoms. The van der Waals surface area contributed by atoms with Gasteiger partial charge in [0.1, 0.15) is 29.6 Å². The number of aromatic nitrogens is 2. The molecular formula is C29H32N8O7S. The molecule has 7 amide bonds. The highest BCUT2D eigenvalue weighted by Gasteiger charge is 2.33. The molecule has 3 aromatic rings. The van der Waals surface area contributed by atoms with Gasteiger partial charge in [0.25, 0.3) is 17.7 Å². The van der Waals surface area contributed by atoms with Crippen molar-refractivity contribution in [1.29, 1.82) is 0 Å². The number of carbonyl (C=O) groups excluding carboxylic acids is 6. The van der Waals surface area contributed by atoms with Crippen LogP contribution in [0.1, 0.15) is 63.4 Å². The Bertz CT molecular complexity index is 1590.